The minimum Gasteiger partial charge on any atom is -0.478 e. The molecule has 0 saturated heterocycles. The van der Waals surface area contributed by atoms with Gasteiger partial charge in [-0.2, -0.15) is 5.10 Å². The Morgan fingerprint density at radius 1 is 1.54 bits per heavy atom. The lowest BCUT2D eigenvalue weighted by molar-refractivity contribution is -0.724. The van der Waals surface area contributed by atoms with Gasteiger partial charge in [0.2, 0.25) is 6.20 Å². The van der Waals surface area contributed by atoms with Gasteiger partial charge < -0.3 is 5.11 Å². The lowest BCUT2D eigenvalue weighted by Crippen LogP contribution is -2.27. The smallest absolute Gasteiger partial charge is 0.335 e. The molecular weight excluding hydrogens is 168 g/mol. The number of fused-ring (bicyclic) bond motifs is 1. The fourth-order valence-corrected chi connectivity index (χ4v) is 1.34. The number of hydrogen-bond acceptors (Lipinski definition) is 1. The molecule has 1 heterocycles. The van der Waals surface area contributed by atoms with E-state index in [4.69, 9.17) is 5.11 Å². The average Bonchev–Trinajstić information content (AvgIpc) is 2.42. The van der Waals surface area contributed by atoms with E-state index in [-0.39, 0.29) is 0 Å². The maximum Gasteiger partial charge on any atom is 0.335 e. The van der Waals surface area contributed by atoms with Crippen molar-refractivity contribution in [3.63, 3.8) is 0 Å². The number of H-pyrrole nitrogens is 1. The molecule has 0 saturated carbocycles. The van der Waals surface area contributed by atoms with Crippen LogP contribution < -0.4 is 4.68 Å². The number of carboxylic acid groups (broad SMARTS) is 1. The molecule has 1 aromatic carbocycles. The van der Waals surface area contributed by atoms with Crippen molar-refractivity contribution in [2.45, 2.75) is 0 Å². The standard InChI is InChI=1S/C9H8N2O2/c1-11-5-7-4-6(9(12)13)2-3-8(7)10-11/h2-5H,1H3,(H,12,13)/p+1. The molecule has 0 atom stereocenters. The third-order valence-corrected chi connectivity index (χ3v) is 1.93. The van der Waals surface area contributed by atoms with Crippen molar-refractivity contribution >= 4 is 16.9 Å². The third-order valence-electron chi connectivity index (χ3n) is 1.93. The van der Waals surface area contributed by atoms with Crippen molar-refractivity contribution in [3.8, 4) is 0 Å². The molecular formula is C9H9N2O2+. The normalized spacial score (nSPS) is 10.5. The van der Waals surface area contributed by atoms with Crippen molar-refractivity contribution in [1.29, 1.82) is 0 Å². The van der Waals surface area contributed by atoms with Crippen molar-refractivity contribution < 1.29 is 14.6 Å². The summed E-state index contributed by atoms with van der Waals surface area (Å²) in [6.07, 6.45) is 1.85. The molecule has 0 aliphatic rings. The van der Waals surface area contributed by atoms with Crippen molar-refractivity contribution in [2.75, 3.05) is 0 Å². The van der Waals surface area contributed by atoms with Crippen molar-refractivity contribution in [2.24, 2.45) is 7.05 Å². The van der Waals surface area contributed by atoms with E-state index in [0.717, 1.165) is 10.9 Å². The third kappa shape index (κ3) is 1.26. The van der Waals surface area contributed by atoms with Crippen LogP contribution in [0.3, 0.4) is 0 Å². The monoisotopic (exact) mass is 177 g/mol. The average molecular weight is 177 g/mol. The Hall–Kier alpha value is -1.84. The van der Waals surface area contributed by atoms with E-state index in [1.54, 1.807) is 22.9 Å². The Morgan fingerprint density at radius 2 is 2.31 bits per heavy atom. The summed E-state index contributed by atoms with van der Waals surface area (Å²) in [5.74, 6) is -0.897. The highest BCUT2D eigenvalue weighted by atomic mass is 16.4. The first-order chi connectivity index (χ1) is 6.16. The van der Waals surface area contributed by atoms with Gasteiger partial charge in [0.25, 0.3) is 0 Å². The van der Waals surface area contributed by atoms with Crippen LogP contribution in [0, 0.1) is 0 Å². The second kappa shape index (κ2) is 2.58. The molecule has 0 aliphatic heterocycles. The van der Waals surface area contributed by atoms with Gasteiger partial charge in [0.05, 0.1) is 10.9 Å². The van der Waals surface area contributed by atoms with Gasteiger partial charge >= 0.3 is 5.97 Å². The summed E-state index contributed by atoms with van der Waals surface area (Å²) in [7, 11) is 1.86. The number of aryl methyl sites for hydroxylation is 1. The van der Waals surface area contributed by atoms with Gasteiger partial charge in [-0.05, 0) is 18.2 Å². The first kappa shape index (κ1) is 7.79. The Morgan fingerprint density at radius 3 is 3.00 bits per heavy atom. The Labute approximate surface area is 74.4 Å². The molecule has 4 heteroatoms. The number of rotatable bonds is 1. The summed E-state index contributed by atoms with van der Waals surface area (Å²) in [6, 6.07) is 4.99. The molecule has 0 fully saturated rings. The molecule has 2 rings (SSSR count). The largest absolute Gasteiger partial charge is 0.478 e. The van der Waals surface area contributed by atoms with E-state index in [0.29, 0.717) is 5.56 Å². The van der Waals surface area contributed by atoms with Gasteiger partial charge in [0, 0.05) is 0 Å². The zero-order valence-corrected chi connectivity index (χ0v) is 7.11. The summed E-state index contributed by atoms with van der Waals surface area (Å²) < 4.78 is 1.79. The van der Waals surface area contributed by atoms with Gasteiger partial charge in [0.1, 0.15) is 5.52 Å². The summed E-state index contributed by atoms with van der Waals surface area (Å²) in [5.41, 5.74) is 1.25. The number of hydrogen-bond donors (Lipinski definition) is 2. The Kier molecular flexibility index (Phi) is 1.55. The zero-order chi connectivity index (χ0) is 9.42. The Bertz CT molecular complexity index is 473. The van der Waals surface area contributed by atoms with Crippen LogP contribution >= 0.6 is 0 Å². The minimum atomic E-state index is -0.897. The van der Waals surface area contributed by atoms with Crippen LogP contribution in [0.2, 0.25) is 0 Å². The van der Waals surface area contributed by atoms with Crippen LogP contribution in [0.4, 0.5) is 0 Å². The first-order valence-electron chi connectivity index (χ1n) is 3.88. The highest BCUT2D eigenvalue weighted by molar-refractivity contribution is 5.92. The quantitative estimate of drug-likeness (QED) is 0.629. The molecule has 0 aliphatic carbocycles. The summed E-state index contributed by atoms with van der Waals surface area (Å²) in [4.78, 5) is 10.6. The predicted octanol–water partition coefficient (Wildman–Crippen LogP) is 0.691. The number of carbonyl (C=O) groups is 1. The van der Waals surface area contributed by atoms with E-state index >= 15 is 0 Å². The highest BCUT2D eigenvalue weighted by Gasteiger charge is 2.07. The van der Waals surface area contributed by atoms with E-state index in [9.17, 15) is 4.79 Å². The SMILES string of the molecule is C[n+]1cc2cc(C(=O)O)ccc2[nH]1. The molecule has 4 nitrogen and oxygen atoms in total. The number of nitrogens with one attached hydrogen (secondary N) is 1. The molecule has 0 bridgehead atoms. The molecule has 0 unspecified atom stereocenters. The molecule has 66 valence electrons. The summed E-state index contributed by atoms with van der Waals surface area (Å²) in [5, 5.41) is 12.7. The number of aromatic amines is 1. The second-order valence-corrected chi connectivity index (χ2v) is 2.96. The van der Waals surface area contributed by atoms with Gasteiger partial charge in [-0.15, -0.1) is 4.68 Å². The molecule has 0 spiro atoms. The van der Waals surface area contributed by atoms with E-state index in [1.165, 1.54) is 0 Å². The van der Waals surface area contributed by atoms with Crippen LogP contribution in [0.1, 0.15) is 10.4 Å². The molecule has 2 aromatic rings. The maximum atomic E-state index is 10.6. The number of benzene rings is 1. The van der Waals surface area contributed by atoms with E-state index in [1.807, 2.05) is 13.2 Å². The molecule has 13 heavy (non-hydrogen) atoms. The van der Waals surface area contributed by atoms with Crippen LogP contribution in [-0.2, 0) is 7.05 Å². The number of carboxylic acids is 1. The van der Waals surface area contributed by atoms with Crippen LogP contribution in [0.15, 0.2) is 24.4 Å². The van der Waals surface area contributed by atoms with Crippen LogP contribution in [0.5, 0.6) is 0 Å². The van der Waals surface area contributed by atoms with Crippen LogP contribution in [0.25, 0.3) is 10.9 Å². The van der Waals surface area contributed by atoms with E-state index in [2.05, 4.69) is 5.10 Å². The van der Waals surface area contributed by atoms with Crippen molar-refractivity contribution in [1.82, 2.24) is 5.10 Å². The van der Waals surface area contributed by atoms with Gasteiger partial charge in [-0.3, -0.25) is 0 Å². The van der Waals surface area contributed by atoms with E-state index < -0.39 is 5.97 Å². The molecule has 0 radical (unpaired) electrons. The lowest BCUT2D eigenvalue weighted by Gasteiger charge is -1.90. The minimum absolute atomic E-state index is 0.312. The molecule has 0 amide bonds. The van der Waals surface area contributed by atoms with Crippen molar-refractivity contribution in [3.05, 3.63) is 30.0 Å². The van der Waals surface area contributed by atoms with Gasteiger partial charge in [-0.1, -0.05) is 0 Å². The number of nitrogens with zero attached hydrogens (tertiary/aromatic N) is 1. The fraction of sp³-hybridized carbons (Fsp3) is 0.111. The number of aromatic nitrogens is 2. The molecule has 2 N–H and O–H groups in total. The highest BCUT2D eigenvalue weighted by Crippen LogP contribution is 2.11. The predicted molar refractivity (Wildman–Crippen MR) is 46.4 cm³/mol. The maximum absolute atomic E-state index is 10.6. The van der Waals surface area contributed by atoms with Gasteiger partial charge in [0.15, 0.2) is 7.05 Å². The topological polar surface area (TPSA) is 57.0 Å². The zero-order valence-electron chi connectivity index (χ0n) is 7.11. The summed E-state index contributed by atoms with van der Waals surface area (Å²) >= 11 is 0. The Balaban J connectivity index is 2.67. The second-order valence-electron chi connectivity index (χ2n) is 2.96. The fourth-order valence-electron chi connectivity index (χ4n) is 1.34. The van der Waals surface area contributed by atoms with Gasteiger partial charge in [-0.25, -0.2) is 4.79 Å². The molecule has 1 aromatic heterocycles. The van der Waals surface area contributed by atoms with Crippen LogP contribution in [-0.4, -0.2) is 16.2 Å². The first-order valence-corrected chi connectivity index (χ1v) is 3.88. The summed E-state index contributed by atoms with van der Waals surface area (Å²) in [6.45, 7) is 0. The lowest BCUT2D eigenvalue weighted by atomic mass is 10.2. The number of aromatic carboxylic acids is 1.